The fraction of sp³-hybridized carbons (Fsp3) is 1.00. The third-order valence-corrected chi connectivity index (χ3v) is 5.18. The molecule has 1 N–H and O–H groups in total. The summed E-state index contributed by atoms with van der Waals surface area (Å²) in [6.07, 6.45) is 8.35. The van der Waals surface area contributed by atoms with Crippen molar-refractivity contribution in [1.29, 1.82) is 0 Å². The first-order valence-corrected chi connectivity index (χ1v) is 7.10. The maximum Gasteiger partial charge on any atom is 0.0249 e. The van der Waals surface area contributed by atoms with E-state index in [0.29, 0.717) is 5.41 Å². The largest absolute Gasteiger partial charge is 0.315 e. The van der Waals surface area contributed by atoms with Crippen molar-refractivity contribution in [1.82, 2.24) is 10.2 Å². The van der Waals surface area contributed by atoms with E-state index in [-0.39, 0.29) is 0 Å². The second-order valence-electron chi connectivity index (χ2n) is 6.09. The first kappa shape index (κ1) is 12.4. The van der Waals surface area contributed by atoms with Gasteiger partial charge in [0, 0.05) is 12.1 Å². The van der Waals surface area contributed by atoms with Crippen LogP contribution in [0.5, 0.6) is 0 Å². The summed E-state index contributed by atoms with van der Waals surface area (Å²) in [5, 5.41) is 3.50. The number of rotatable bonds is 3. The van der Waals surface area contributed by atoms with Crippen molar-refractivity contribution < 1.29 is 0 Å². The Morgan fingerprint density at radius 3 is 2.50 bits per heavy atom. The smallest absolute Gasteiger partial charge is 0.0249 e. The molecule has 1 saturated carbocycles. The summed E-state index contributed by atoms with van der Waals surface area (Å²) in [5.41, 5.74) is 0.629. The van der Waals surface area contributed by atoms with Crippen molar-refractivity contribution in [2.24, 2.45) is 5.41 Å². The number of likely N-dealkylation sites (tertiary alicyclic amines) is 1. The Hall–Kier alpha value is -0.0800. The van der Waals surface area contributed by atoms with E-state index in [2.05, 4.69) is 31.1 Å². The van der Waals surface area contributed by atoms with Crippen LogP contribution in [-0.2, 0) is 0 Å². The van der Waals surface area contributed by atoms with Crippen LogP contribution < -0.4 is 5.32 Å². The molecule has 0 spiro atoms. The molecule has 1 heterocycles. The molecule has 2 rings (SSSR count). The molecule has 2 atom stereocenters. The van der Waals surface area contributed by atoms with Crippen LogP contribution in [0.1, 0.15) is 52.4 Å². The molecular weight excluding hydrogens is 196 g/mol. The van der Waals surface area contributed by atoms with Crippen LogP contribution >= 0.6 is 0 Å². The van der Waals surface area contributed by atoms with Crippen molar-refractivity contribution in [3.63, 3.8) is 0 Å². The van der Waals surface area contributed by atoms with Crippen molar-refractivity contribution in [2.45, 2.75) is 64.5 Å². The summed E-state index contributed by atoms with van der Waals surface area (Å²) < 4.78 is 0. The highest BCUT2D eigenvalue weighted by molar-refractivity contribution is 4.93. The zero-order chi connectivity index (χ0) is 11.6. The molecule has 1 saturated heterocycles. The van der Waals surface area contributed by atoms with Crippen molar-refractivity contribution in [3.05, 3.63) is 0 Å². The molecule has 1 aliphatic heterocycles. The molecule has 0 aromatic carbocycles. The van der Waals surface area contributed by atoms with Crippen LogP contribution in [0.2, 0.25) is 0 Å². The SMILES string of the molecule is CCC1(C)CCN(C2CCCC2NC)CC1. The van der Waals surface area contributed by atoms with Crippen LogP contribution in [0.15, 0.2) is 0 Å². The van der Waals surface area contributed by atoms with Gasteiger partial charge in [0.05, 0.1) is 0 Å². The van der Waals surface area contributed by atoms with Gasteiger partial charge in [-0.25, -0.2) is 0 Å². The highest BCUT2D eigenvalue weighted by Crippen LogP contribution is 2.36. The van der Waals surface area contributed by atoms with E-state index in [1.165, 1.54) is 51.6 Å². The number of hydrogen-bond acceptors (Lipinski definition) is 2. The van der Waals surface area contributed by atoms with E-state index in [4.69, 9.17) is 0 Å². The molecule has 1 aliphatic carbocycles. The van der Waals surface area contributed by atoms with Crippen molar-refractivity contribution in [3.8, 4) is 0 Å². The zero-order valence-electron chi connectivity index (χ0n) is 11.3. The monoisotopic (exact) mass is 224 g/mol. The molecule has 0 bridgehead atoms. The van der Waals surface area contributed by atoms with Gasteiger partial charge in [-0.3, -0.25) is 4.90 Å². The number of hydrogen-bond donors (Lipinski definition) is 1. The van der Waals surface area contributed by atoms with E-state index >= 15 is 0 Å². The summed E-state index contributed by atoms with van der Waals surface area (Å²) in [6.45, 7) is 7.47. The number of nitrogens with one attached hydrogen (secondary N) is 1. The number of likely N-dealkylation sites (N-methyl/N-ethyl adjacent to an activating group) is 1. The van der Waals surface area contributed by atoms with Crippen LogP contribution in [0.25, 0.3) is 0 Å². The maximum absolute atomic E-state index is 3.50. The quantitative estimate of drug-likeness (QED) is 0.793. The zero-order valence-corrected chi connectivity index (χ0v) is 11.3. The molecule has 0 amide bonds. The Morgan fingerprint density at radius 2 is 1.94 bits per heavy atom. The summed E-state index contributed by atoms with van der Waals surface area (Å²) in [7, 11) is 2.13. The molecule has 0 aromatic rings. The molecular formula is C14H28N2. The van der Waals surface area contributed by atoms with Gasteiger partial charge in [-0.15, -0.1) is 0 Å². The Bertz CT molecular complexity index is 219. The first-order valence-electron chi connectivity index (χ1n) is 7.10. The van der Waals surface area contributed by atoms with E-state index in [9.17, 15) is 0 Å². The molecule has 0 aromatic heterocycles. The molecule has 0 radical (unpaired) electrons. The molecule has 2 heteroatoms. The van der Waals surface area contributed by atoms with E-state index in [1.807, 2.05) is 0 Å². The normalized spacial score (nSPS) is 35.4. The second-order valence-corrected chi connectivity index (χ2v) is 6.09. The predicted octanol–water partition coefficient (Wildman–Crippen LogP) is 2.64. The van der Waals surface area contributed by atoms with Gasteiger partial charge in [0.2, 0.25) is 0 Å². The third-order valence-electron chi connectivity index (χ3n) is 5.18. The lowest BCUT2D eigenvalue weighted by atomic mass is 9.78. The van der Waals surface area contributed by atoms with E-state index < -0.39 is 0 Å². The van der Waals surface area contributed by atoms with Crippen LogP contribution in [0.3, 0.4) is 0 Å². The third kappa shape index (κ3) is 2.43. The fourth-order valence-electron chi connectivity index (χ4n) is 3.46. The van der Waals surface area contributed by atoms with E-state index in [1.54, 1.807) is 0 Å². The lowest BCUT2D eigenvalue weighted by molar-refractivity contribution is 0.0734. The van der Waals surface area contributed by atoms with Gasteiger partial charge in [-0.1, -0.05) is 26.7 Å². The molecule has 2 unspecified atom stereocenters. The number of piperidine rings is 1. The van der Waals surface area contributed by atoms with Gasteiger partial charge in [0.1, 0.15) is 0 Å². The van der Waals surface area contributed by atoms with Gasteiger partial charge < -0.3 is 5.32 Å². The average Bonchev–Trinajstić information content (AvgIpc) is 2.78. The summed E-state index contributed by atoms with van der Waals surface area (Å²) in [4.78, 5) is 2.76. The summed E-state index contributed by atoms with van der Waals surface area (Å²) in [5.74, 6) is 0. The first-order chi connectivity index (χ1) is 7.68. The van der Waals surface area contributed by atoms with Gasteiger partial charge in [-0.2, -0.15) is 0 Å². The maximum atomic E-state index is 3.50. The van der Waals surface area contributed by atoms with E-state index in [0.717, 1.165) is 12.1 Å². The fourth-order valence-corrected chi connectivity index (χ4v) is 3.46. The predicted molar refractivity (Wildman–Crippen MR) is 69.7 cm³/mol. The van der Waals surface area contributed by atoms with Crippen molar-refractivity contribution in [2.75, 3.05) is 20.1 Å². The average molecular weight is 224 g/mol. The Kier molecular flexibility index (Phi) is 3.91. The van der Waals surface area contributed by atoms with Crippen LogP contribution in [0.4, 0.5) is 0 Å². The highest BCUT2D eigenvalue weighted by atomic mass is 15.2. The standard InChI is InChI=1S/C14H28N2/c1-4-14(2)8-10-16(11-9-14)13-7-5-6-12(13)15-3/h12-13,15H,4-11H2,1-3H3. The lowest BCUT2D eigenvalue weighted by Crippen LogP contribution is -2.50. The molecule has 2 nitrogen and oxygen atoms in total. The lowest BCUT2D eigenvalue weighted by Gasteiger charge is -2.43. The molecule has 2 fully saturated rings. The second kappa shape index (κ2) is 5.05. The minimum atomic E-state index is 0.629. The Balaban J connectivity index is 1.89. The Morgan fingerprint density at radius 1 is 1.25 bits per heavy atom. The van der Waals surface area contributed by atoms with Crippen LogP contribution in [-0.4, -0.2) is 37.1 Å². The van der Waals surface area contributed by atoms with Gasteiger partial charge in [0.15, 0.2) is 0 Å². The van der Waals surface area contributed by atoms with Gasteiger partial charge in [0.25, 0.3) is 0 Å². The van der Waals surface area contributed by atoms with Gasteiger partial charge in [-0.05, 0) is 51.2 Å². The van der Waals surface area contributed by atoms with Crippen LogP contribution in [0, 0.1) is 5.41 Å². The van der Waals surface area contributed by atoms with Crippen molar-refractivity contribution >= 4 is 0 Å². The summed E-state index contributed by atoms with van der Waals surface area (Å²) >= 11 is 0. The summed E-state index contributed by atoms with van der Waals surface area (Å²) in [6, 6.07) is 1.58. The highest BCUT2D eigenvalue weighted by Gasteiger charge is 2.35. The molecule has 16 heavy (non-hydrogen) atoms. The molecule has 94 valence electrons. The number of nitrogens with zero attached hydrogens (tertiary/aromatic N) is 1. The molecule has 2 aliphatic rings. The topological polar surface area (TPSA) is 15.3 Å². The minimum Gasteiger partial charge on any atom is -0.315 e. The minimum absolute atomic E-state index is 0.629. The Labute approximate surface area is 101 Å². The van der Waals surface area contributed by atoms with Gasteiger partial charge >= 0.3 is 0 Å².